The van der Waals surface area contributed by atoms with Crippen LogP contribution in [0.5, 0.6) is 5.75 Å². The minimum absolute atomic E-state index is 0.0627. The molecule has 1 amide bonds. The third kappa shape index (κ3) is 3.46. The van der Waals surface area contributed by atoms with Crippen LogP contribution in [0.25, 0.3) is 0 Å². The Morgan fingerprint density at radius 1 is 1.58 bits per heavy atom. The number of carbonyl (C=O) groups excluding carboxylic acids is 1. The van der Waals surface area contributed by atoms with Crippen molar-refractivity contribution < 1.29 is 14.6 Å². The van der Waals surface area contributed by atoms with E-state index in [0.29, 0.717) is 18.7 Å². The van der Waals surface area contributed by atoms with E-state index < -0.39 is 0 Å². The number of aliphatic hydroxyl groups excluding tert-OH is 1. The standard InChI is InChI=1S/C14H16N2O3/c15-6-1-7-16-14(18)9-19-11-3-4-12-10(8-11)2-5-13(12)17/h3-4,8,13,17H,1-2,5,7,9H2,(H,16,18)/t13-/m0/s1. The van der Waals surface area contributed by atoms with Crippen LogP contribution >= 0.6 is 0 Å². The van der Waals surface area contributed by atoms with Gasteiger partial charge in [0.1, 0.15) is 5.75 Å². The lowest BCUT2D eigenvalue weighted by Gasteiger charge is -2.09. The number of rotatable bonds is 5. The predicted molar refractivity (Wildman–Crippen MR) is 68.5 cm³/mol. The molecular formula is C14H16N2O3. The molecule has 19 heavy (non-hydrogen) atoms. The second kappa shape index (κ2) is 6.21. The fourth-order valence-electron chi connectivity index (χ4n) is 2.12. The molecule has 1 atom stereocenters. The first-order valence-electron chi connectivity index (χ1n) is 6.28. The number of nitrogens with one attached hydrogen (secondary N) is 1. The molecule has 2 N–H and O–H groups in total. The lowest BCUT2D eigenvalue weighted by atomic mass is 10.1. The van der Waals surface area contributed by atoms with E-state index in [1.807, 2.05) is 18.2 Å². The van der Waals surface area contributed by atoms with Crippen LogP contribution in [0.3, 0.4) is 0 Å². The van der Waals surface area contributed by atoms with Gasteiger partial charge in [0, 0.05) is 6.54 Å². The Balaban J connectivity index is 1.84. The minimum Gasteiger partial charge on any atom is -0.484 e. The van der Waals surface area contributed by atoms with Crippen molar-refractivity contribution in [3.63, 3.8) is 0 Å². The third-order valence-corrected chi connectivity index (χ3v) is 3.09. The molecular weight excluding hydrogens is 244 g/mol. The molecule has 1 aromatic rings. The maximum atomic E-state index is 11.4. The second-order valence-electron chi connectivity index (χ2n) is 4.46. The number of fused-ring (bicyclic) bond motifs is 1. The number of carbonyl (C=O) groups is 1. The Morgan fingerprint density at radius 2 is 2.42 bits per heavy atom. The maximum Gasteiger partial charge on any atom is 0.257 e. The van der Waals surface area contributed by atoms with E-state index in [4.69, 9.17) is 10.00 Å². The lowest BCUT2D eigenvalue weighted by Crippen LogP contribution is -2.29. The summed E-state index contributed by atoms with van der Waals surface area (Å²) in [5, 5.41) is 20.6. The van der Waals surface area contributed by atoms with Gasteiger partial charge in [-0.2, -0.15) is 5.26 Å². The Hall–Kier alpha value is -2.06. The Labute approximate surface area is 111 Å². The molecule has 0 bridgehead atoms. The van der Waals surface area contributed by atoms with E-state index >= 15 is 0 Å². The number of amides is 1. The van der Waals surface area contributed by atoms with Gasteiger partial charge in [0.25, 0.3) is 5.91 Å². The number of benzene rings is 1. The largest absolute Gasteiger partial charge is 0.484 e. The van der Waals surface area contributed by atoms with Gasteiger partial charge in [0.05, 0.1) is 18.6 Å². The quantitative estimate of drug-likeness (QED) is 0.776. The summed E-state index contributed by atoms with van der Waals surface area (Å²) < 4.78 is 5.38. The molecule has 0 spiro atoms. The zero-order chi connectivity index (χ0) is 13.7. The maximum absolute atomic E-state index is 11.4. The molecule has 1 aliphatic carbocycles. The van der Waals surface area contributed by atoms with Crippen molar-refractivity contribution in [1.82, 2.24) is 5.32 Å². The summed E-state index contributed by atoms with van der Waals surface area (Å²) in [4.78, 5) is 11.4. The summed E-state index contributed by atoms with van der Waals surface area (Å²) in [5.41, 5.74) is 2.03. The van der Waals surface area contributed by atoms with Gasteiger partial charge in [-0.15, -0.1) is 0 Å². The molecule has 1 aromatic carbocycles. The number of aliphatic hydroxyl groups is 1. The smallest absolute Gasteiger partial charge is 0.257 e. The van der Waals surface area contributed by atoms with Gasteiger partial charge < -0.3 is 15.2 Å². The topological polar surface area (TPSA) is 82.4 Å². The molecule has 0 saturated carbocycles. The Kier molecular flexibility index (Phi) is 4.37. The van der Waals surface area contributed by atoms with E-state index in [9.17, 15) is 9.90 Å². The number of ether oxygens (including phenoxy) is 1. The first-order chi connectivity index (χ1) is 9.20. The average molecular weight is 260 g/mol. The number of hydrogen-bond donors (Lipinski definition) is 2. The minimum atomic E-state index is -0.377. The van der Waals surface area contributed by atoms with Crippen molar-refractivity contribution in [3.05, 3.63) is 29.3 Å². The van der Waals surface area contributed by atoms with Crippen LogP contribution in [0.2, 0.25) is 0 Å². The second-order valence-corrected chi connectivity index (χ2v) is 4.46. The summed E-state index contributed by atoms with van der Waals surface area (Å²) in [6.45, 7) is 0.280. The SMILES string of the molecule is N#CCCNC(=O)COc1ccc2c(c1)CC[C@@H]2O. The highest BCUT2D eigenvalue weighted by Gasteiger charge is 2.20. The fourth-order valence-corrected chi connectivity index (χ4v) is 2.12. The van der Waals surface area contributed by atoms with Gasteiger partial charge >= 0.3 is 0 Å². The van der Waals surface area contributed by atoms with Gasteiger partial charge in [0.15, 0.2) is 6.61 Å². The predicted octanol–water partition coefficient (Wildman–Crippen LogP) is 1.07. The monoisotopic (exact) mass is 260 g/mol. The number of nitrogens with zero attached hydrogens (tertiary/aromatic N) is 1. The van der Waals surface area contributed by atoms with Crippen LogP contribution in [0.15, 0.2) is 18.2 Å². The van der Waals surface area contributed by atoms with E-state index in [1.165, 1.54) is 0 Å². The van der Waals surface area contributed by atoms with Crippen molar-refractivity contribution >= 4 is 5.91 Å². The van der Waals surface area contributed by atoms with Crippen LogP contribution in [0.4, 0.5) is 0 Å². The van der Waals surface area contributed by atoms with Crippen LogP contribution in [-0.2, 0) is 11.2 Å². The van der Waals surface area contributed by atoms with Crippen molar-refractivity contribution in [2.24, 2.45) is 0 Å². The van der Waals surface area contributed by atoms with Gasteiger partial charge in [-0.25, -0.2) is 0 Å². The first kappa shape index (κ1) is 13.4. The van der Waals surface area contributed by atoms with Crippen LogP contribution in [0.1, 0.15) is 30.1 Å². The molecule has 0 unspecified atom stereocenters. The van der Waals surface area contributed by atoms with Crippen molar-refractivity contribution in [1.29, 1.82) is 5.26 Å². The van der Waals surface area contributed by atoms with Crippen molar-refractivity contribution in [3.8, 4) is 11.8 Å². The normalized spacial score (nSPS) is 16.5. The molecule has 0 heterocycles. The highest BCUT2D eigenvalue weighted by molar-refractivity contribution is 5.77. The molecule has 2 rings (SSSR count). The summed E-state index contributed by atoms with van der Waals surface area (Å²) in [7, 11) is 0. The molecule has 0 aromatic heterocycles. The Bertz CT molecular complexity index is 508. The summed E-state index contributed by atoms with van der Waals surface area (Å²) in [6, 6.07) is 7.42. The number of hydrogen-bond acceptors (Lipinski definition) is 4. The fraction of sp³-hybridized carbons (Fsp3) is 0.429. The molecule has 0 aliphatic heterocycles. The molecule has 0 radical (unpaired) electrons. The van der Waals surface area contributed by atoms with Crippen LogP contribution in [-0.4, -0.2) is 24.2 Å². The molecule has 0 fully saturated rings. The van der Waals surface area contributed by atoms with Gasteiger partial charge in [0.2, 0.25) is 0 Å². The Morgan fingerprint density at radius 3 is 3.21 bits per heavy atom. The lowest BCUT2D eigenvalue weighted by molar-refractivity contribution is -0.123. The van der Waals surface area contributed by atoms with E-state index in [1.54, 1.807) is 6.07 Å². The summed E-state index contributed by atoms with van der Waals surface area (Å²) in [6.07, 6.45) is 1.50. The first-order valence-corrected chi connectivity index (χ1v) is 6.28. The average Bonchev–Trinajstić information content (AvgIpc) is 2.78. The highest BCUT2D eigenvalue weighted by Crippen LogP contribution is 2.33. The number of nitriles is 1. The molecule has 100 valence electrons. The van der Waals surface area contributed by atoms with Crippen molar-refractivity contribution in [2.45, 2.75) is 25.4 Å². The van der Waals surface area contributed by atoms with Gasteiger partial charge in [-0.1, -0.05) is 6.07 Å². The van der Waals surface area contributed by atoms with Crippen molar-refractivity contribution in [2.75, 3.05) is 13.2 Å². The zero-order valence-corrected chi connectivity index (χ0v) is 10.6. The van der Waals surface area contributed by atoms with Gasteiger partial charge in [-0.3, -0.25) is 4.79 Å². The molecule has 5 heteroatoms. The van der Waals surface area contributed by atoms with E-state index in [2.05, 4.69) is 5.32 Å². The highest BCUT2D eigenvalue weighted by atomic mass is 16.5. The van der Waals surface area contributed by atoms with Crippen LogP contribution < -0.4 is 10.1 Å². The van der Waals surface area contributed by atoms with E-state index in [-0.39, 0.29) is 18.6 Å². The van der Waals surface area contributed by atoms with Crippen LogP contribution in [0, 0.1) is 11.3 Å². The van der Waals surface area contributed by atoms with Gasteiger partial charge in [-0.05, 0) is 36.1 Å². The third-order valence-electron chi connectivity index (χ3n) is 3.09. The molecule has 1 aliphatic rings. The summed E-state index contributed by atoms with van der Waals surface area (Å²) in [5.74, 6) is 0.388. The zero-order valence-electron chi connectivity index (χ0n) is 10.6. The van der Waals surface area contributed by atoms with E-state index in [0.717, 1.165) is 24.0 Å². The molecule has 0 saturated heterocycles. The summed E-state index contributed by atoms with van der Waals surface area (Å²) >= 11 is 0. The number of aryl methyl sites for hydroxylation is 1. The molecule has 5 nitrogen and oxygen atoms in total.